The van der Waals surface area contributed by atoms with Crippen LogP contribution in [0.2, 0.25) is 0 Å². The monoisotopic (exact) mass is 467 g/mol. The van der Waals surface area contributed by atoms with Gasteiger partial charge in [0, 0.05) is 19.3 Å². The number of hydrogen-bond acceptors (Lipinski definition) is 4. The first-order valence-electron chi connectivity index (χ1n) is 8.01. The van der Waals surface area contributed by atoms with Crippen LogP contribution in [-0.2, 0) is 0 Å². The molecule has 0 fully saturated rings. The minimum absolute atomic E-state index is 0. The van der Waals surface area contributed by atoms with Gasteiger partial charge in [-0.2, -0.15) is 11.8 Å². The fourth-order valence-corrected chi connectivity index (χ4v) is 2.40. The standard InChI is InChI=1S/C17H29N3O2S.HI/c1-6-21-15-9-8-14(12-16(15)22-7-2)13(3)20-17(18-4)19-10-11-23-5;/h8-9,12-13H,6-7,10-11H2,1-5H3,(H2,18,19,20);1H. The van der Waals surface area contributed by atoms with Crippen molar-refractivity contribution in [2.24, 2.45) is 4.99 Å². The van der Waals surface area contributed by atoms with Gasteiger partial charge in [0.05, 0.1) is 19.3 Å². The van der Waals surface area contributed by atoms with Crippen molar-refractivity contribution in [3.8, 4) is 11.5 Å². The summed E-state index contributed by atoms with van der Waals surface area (Å²) in [6, 6.07) is 6.17. The molecule has 1 aromatic rings. The van der Waals surface area contributed by atoms with Crippen LogP contribution in [-0.4, -0.2) is 44.8 Å². The third-order valence-electron chi connectivity index (χ3n) is 3.24. The van der Waals surface area contributed by atoms with Crippen LogP contribution in [0.15, 0.2) is 23.2 Å². The molecule has 0 aromatic heterocycles. The van der Waals surface area contributed by atoms with Gasteiger partial charge in [-0.3, -0.25) is 4.99 Å². The Balaban J connectivity index is 0.00000529. The SMILES string of the molecule is CCOc1ccc(C(C)NC(=NC)NCCSC)cc1OCC.I. The van der Waals surface area contributed by atoms with Crippen LogP contribution in [0, 0.1) is 0 Å². The second-order valence-corrected chi connectivity index (χ2v) is 5.92. The number of halogens is 1. The second-order valence-electron chi connectivity index (χ2n) is 4.93. The van der Waals surface area contributed by atoms with E-state index in [0.29, 0.717) is 13.2 Å². The summed E-state index contributed by atoms with van der Waals surface area (Å²) >= 11 is 1.81. The molecule has 0 aliphatic rings. The smallest absolute Gasteiger partial charge is 0.191 e. The van der Waals surface area contributed by atoms with E-state index in [1.807, 2.05) is 37.7 Å². The highest BCUT2D eigenvalue weighted by molar-refractivity contribution is 14.0. The number of thioether (sulfide) groups is 1. The Morgan fingerprint density at radius 1 is 1.21 bits per heavy atom. The summed E-state index contributed by atoms with van der Waals surface area (Å²) in [6.07, 6.45) is 2.09. The molecule has 24 heavy (non-hydrogen) atoms. The van der Waals surface area contributed by atoms with Crippen molar-refractivity contribution in [1.82, 2.24) is 10.6 Å². The van der Waals surface area contributed by atoms with Crippen LogP contribution in [0.3, 0.4) is 0 Å². The molecular weight excluding hydrogens is 437 g/mol. The summed E-state index contributed by atoms with van der Waals surface area (Å²) in [5.74, 6) is 3.42. The molecule has 5 nitrogen and oxygen atoms in total. The van der Waals surface area contributed by atoms with Gasteiger partial charge in [-0.1, -0.05) is 6.07 Å². The fraction of sp³-hybridized carbons (Fsp3) is 0.588. The zero-order chi connectivity index (χ0) is 17.1. The molecule has 0 bridgehead atoms. The Bertz CT molecular complexity index is 501. The van der Waals surface area contributed by atoms with Crippen molar-refractivity contribution in [3.63, 3.8) is 0 Å². The largest absolute Gasteiger partial charge is 0.490 e. The molecule has 1 unspecified atom stereocenters. The maximum absolute atomic E-state index is 5.69. The summed E-state index contributed by atoms with van der Waals surface area (Å²) in [5.41, 5.74) is 1.13. The Morgan fingerprint density at radius 3 is 2.46 bits per heavy atom. The van der Waals surface area contributed by atoms with Crippen molar-refractivity contribution in [1.29, 1.82) is 0 Å². The number of nitrogens with one attached hydrogen (secondary N) is 2. The number of nitrogens with zero attached hydrogens (tertiary/aromatic N) is 1. The summed E-state index contributed by atoms with van der Waals surface area (Å²) in [7, 11) is 1.78. The Hall–Kier alpha value is -0.830. The first-order valence-corrected chi connectivity index (χ1v) is 9.41. The zero-order valence-corrected chi connectivity index (χ0v) is 18.4. The molecule has 138 valence electrons. The molecule has 7 heteroatoms. The predicted octanol–water partition coefficient (Wildman–Crippen LogP) is 3.69. The van der Waals surface area contributed by atoms with Crippen LogP contribution >= 0.6 is 35.7 Å². The van der Waals surface area contributed by atoms with E-state index < -0.39 is 0 Å². The van der Waals surface area contributed by atoms with Crippen LogP contribution in [0.25, 0.3) is 0 Å². The van der Waals surface area contributed by atoms with Crippen LogP contribution in [0.5, 0.6) is 11.5 Å². The molecule has 1 rings (SSSR count). The zero-order valence-electron chi connectivity index (χ0n) is 15.2. The van der Waals surface area contributed by atoms with E-state index >= 15 is 0 Å². The van der Waals surface area contributed by atoms with Gasteiger partial charge < -0.3 is 20.1 Å². The number of rotatable bonds is 9. The van der Waals surface area contributed by atoms with Crippen molar-refractivity contribution in [3.05, 3.63) is 23.8 Å². The van der Waals surface area contributed by atoms with Gasteiger partial charge in [-0.05, 0) is 44.7 Å². The third-order valence-corrected chi connectivity index (χ3v) is 3.86. The topological polar surface area (TPSA) is 54.9 Å². The molecule has 0 saturated heterocycles. The van der Waals surface area contributed by atoms with Gasteiger partial charge in [-0.15, -0.1) is 24.0 Å². The molecular formula is C17H30IN3O2S. The molecule has 0 spiro atoms. The second kappa shape index (κ2) is 13.5. The Morgan fingerprint density at radius 2 is 1.88 bits per heavy atom. The van der Waals surface area contributed by atoms with Crippen molar-refractivity contribution in [2.75, 3.05) is 38.8 Å². The lowest BCUT2D eigenvalue weighted by Crippen LogP contribution is -2.39. The van der Waals surface area contributed by atoms with E-state index in [0.717, 1.165) is 35.3 Å². The average Bonchev–Trinajstić information content (AvgIpc) is 2.56. The quantitative estimate of drug-likeness (QED) is 0.251. The molecule has 0 aliphatic carbocycles. The maximum Gasteiger partial charge on any atom is 0.191 e. The minimum Gasteiger partial charge on any atom is -0.490 e. The molecule has 0 heterocycles. The number of aliphatic imine (C=N–C) groups is 1. The Kier molecular flexibility index (Phi) is 13.0. The minimum atomic E-state index is 0. The lowest BCUT2D eigenvalue weighted by molar-refractivity contribution is 0.287. The van der Waals surface area contributed by atoms with Crippen LogP contribution in [0.1, 0.15) is 32.4 Å². The van der Waals surface area contributed by atoms with Gasteiger partial charge in [0.15, 0.2) is 17.5 Å². The highest BCUT2D eigenvalue weighted by Gasteiger charge is 2.12. The Labute approximate surface area is 167 Å². The van der Waals surface area contributed by atoms with E-state index in [-0.39, 0.29) is 30.0 Å². The third kappa shape index (κ3) is 7.83. The average molecular weight is 467 g/mol. The van der Waals surface area contributed by atoms with Gasteiger partial charge in [-0.25, -0.2) is 0 Å². The maximum atomic E-state index is 5.69. The predicted molar refractivity (Wildman–Crippen MR) is 115 cm³/mol. The fourth-order valence-electron chi connectivity index (χ4n) is 2.09. The molecule has 0 saturated carbocycles. The van der Waals surface area contributed by atoms with Crippen molar-refractivity contribution >= 4 is 41.7 Å². The van der Waals surface area contributed by atoms with Gasteiger partial charge >= 0.3 is 0 Å². The summed E-state index contributed by atoms with van der Waals surface area (Å²) in [6.45, 7) is 8.18. The number of benzene rings is 1. The molecule has 0 amide bonds. The number of ether oxygens (including phenoxy) is 2. The van der Waals surface area contributed by atoms with Gasteiger partial charge in [0.1, 0.15) is 0 Å². The number of hydrogen-bond donors (Lipinski definition) is 2. The van der Waals surface area contributed by atoms with E-state index in [1.54, 1.807) is 7.05 Å². The van der Waals surface area contributed by atoms with E-state index in [4.69, 9.17) is 9.47 Å². The lowest BCUT2D eigenvalue weighted by atomic mass is 10.1. The van der Waals surface area contributed by atoms with Crippen LogP contribution < -0.4 is 20.1 Å². The highest BCUT2D eigenvalue weighted by Crippen LogP contribution is 2.30. The van der Waals surface area contributed by atoms with E-state index in [2.05, 4.69) is 34.9 Å². The number of guanidine groups is 1. The van der Waals surface area contributed by atoms with Crippen molar-refractivity contribution in [2.45, 2.75) is 26.8 Å². The summed E-state index contributed by atoms with van der Waals surface area (Å²) in [5, 5.41) is 6.70. The molecule has 2 N–H and O–H groups in total. The molecule has 0 radical (unpaired) electrons. The van der Waals surface area contributed by atoms with Crippen LogP contribution in [0.4, 0.5) is 0 Å². The first kappa shape index (κ1) is 23.2. The molecule has 1 atom stereocenters. The summed E-state index contributed by atoms with van der Waals surface area (Å²) < 4.78 is 11.3. The van der Waals surface area contributed by atoms with E-state index in [9.17, 15) is 0 Å². The van der Waals surface area contributed by atoms with Gasteiger partial charge in [0.2, 0.25) is 0 Å². The summed E-state index contributed by atoms with van der Waals surface area (Å²) in [4.78, 5) is 4.26. The lowest BCUT2D eigenvalue weighted by Gasteiger charge is -2.20. The van der Waals surface area contributed by atoms with Gasteiger partial charge in [0.25, 0.3) is 0 Å². The van der Waals surface area contributed by atoms with Crippen molar-refractivity contribution < 1.29 is 9.47 Å². The highest BCUT2D eigenvalue weighted by atomic mass is 127. The van der Waals surface area contributed by atoms with E-state index in [1.165, 1.54) is 0 Å². The molecule has 0 aliphatic heterocycles. The molecule has 1 aromatic carbocycles. The normalized spacial score (nSPS) is 12.1. The first-order chi connectivity index (χ1) is 11.2.